The molecule has 2 N–H and O–H groups in total. The third-order valence-electron chi connectivity index (χ3n) is 3.16. The van der Waals surface area contributed by atoms with Crippen molar-refractivity contribution in [2.24, 2.45) is 0 Å². The number of aromatic hydroxyl groups is 1. The molecule has 0 aliphatic rings. The monoisotopic (exact) mass is 237 g/mol. The van der Waals surface area contributed by atoms with Crippen molar-refractivity contribution in [2.75, 3.05) is 12.4 Å². The zero-order chi connectivity index (χ0) is 13.1. The first-order valence-corrected chi connectivity index (χ1v) is 5.59. The minimum atomic E-state index is -0.849. The molecule has 17 heavy (non-hydrogen) atoms. The Balaban J connectivity index is 2.92. The molecule has 0 bridgehead atoms. The van der Waals surface area contributed by atoms with Gasteiger partial charge in [0.15, 0.2) is 0 Å². The van der Waals surface area contributed by atoms with Gasteiger partial charge in [0, 0.05) is 18.4 Å². The number of anilines is 1. The van der Waals surface area contributed by atoms with Crippen molar-refractivity contribution < 1.29 is 14.6 Å². The van der Waals surface area contributed by atoms with Gasteiger partial charge < -0.3 is 15.2 Å². The van der Waals surface area contributed by atoms with E-state index in [2.05, 4.69) is 5.32 Å². The fourth-order valence-electron chi connectivity index (χ4n) is 1.41. The van der Waals surface area contributed by atoms with Gasteiger partial charge in [0.05, 0.1) is 0 Å². The van der Waals surface area contributed by atoms with Gasteiger partial charge in [-0.15, -0.1) is 0 Å². The van der Waals surface area contributed by atoms with Crippen LogP contribution in [0.4, 0.5) is 5.69 Å². The van der Waals surface area contributed by atoms with E-state index in [0.29, 0.717) is 17.7 Å². The van der Waals surface area contributed by atoms with Crippen LogP contribution in [-0.4, -0.2) is 23.7 Å². The van der Waals surface area contributed by atoms with Crippen molar-refractivity contribution in [3.63, 3.8) is 0 Å². The second kappa shape index (κ2) is 5.19. The van der Waals surface area contributed by atoms with Gasteiger partial charge in [-0.25, -0.2) is 0 Å². The molecule has 0 aliphatic heterocycles. The molecular formula is C13H19NO3. The Morgan fingerprint density at radius 2 is 2.18 bits per heavy atom. The number of carbonyl (C=O) groups excluding carboxylic acids is 1. The molecule has 1 unspecified atom stereocenters. The fraction of sp³-hybridized carbons (Fsp3) is 0.462. The van der Waals surface area contributed by atoms with Crippen molar-refractivity contribution in [1.82, 2.24) is 0 Å². The first-order chi connectivity index (χ1) is 7.94. The Labute approximate surface area is 102 Å². The highest BCUT2D eigenvalue weighted by molar-refractivity contribution is 5.97. The van der Waals surface area contributed by atoms with E-state index in [9.17, 15) is 9.90 Å². The van der Waals surface area contributed by atoms with Crippen LogP contribution >= 0.6 is 0 Å². The van der Waals surface area contributed by atoms with E-state index in [-0.39, 0.29) is 11.7 Å². The van der Waals surface area contributed by atoms with Crippen LogP contribution in [0.3, 0.4) is 0 Å². The number of carbonyl (C=O) groups is 1. The molecule has 0 saturated heterocycles. The van der Waals surface area contributed by atoms with E-state index in [0.717, 1.165) is 0 Å². The third-order valence-corrected chi connectivity index (χ3v) is 3.16. The highest BCUT2D eigenvalue weighted by Gasteiger charge is 2.31. The zero-order valence-corrected chi connectivity index (χ0v) is 10.7. The van der Waals surface area contributed by atoms with Gasteiger partial charge in [-0.1, -0.05) is 13.0 Å². The lowest BCUT2D eigenvalue weighted by molar-refractivity contribution is -0.136. The first kappa shape index (κ1) is 13.5. The van der Waals surface area contributed by atoms with Crippen LogP contribution in [0.15, 0.2) is 18.2 Å². The number of amides is 1. The van der Waals surface area contributed by atoms with Crippen LogP contribution in [0.2, 0.25) is 0 Å². The topological polar surface area (TPSA) is 58.6 Å². The summed E-state index contributed by atoms with van der Waals surface area (Å²) in [5.74, 6) is -0.0466. The van der Waals surface area contributed by atoms with E-state index in [4.69, 9.17) is 4.74 Å². The molecule has 1 aromatic rings. The second-order valence-corrected chi connectivity index (χ2v) is 4.19. The second-order valence-electron chi connectivity index (χ2n) is 4.19. The standard InChI is InChI=1S/C13H19NO3/c1-5-13(3,17-4)12(16)14-10-7-6-8-11(15)9(10)2/h6-8,15H,5H2,1-4H3,(H,14,16). The number of benzene rings is 1. The average molecular weight is 237 g/mol. The number of phenols is 1. The van der Waals surface area contributed by atoms with E-state index >= 15 is 0 Å². The zero-order valence-electron chi connectivity index (χ0n) is 10.7. The van der Waals surface area contributed by atoms with Gasteiger partial charge in [-0.05, 0) is 32.4 Å². The Bertz CT molecular complexity index is 411. The van der Waals surface area contributed by atoms with Crippen LogP contribution in [-0.2, 0) is 9.53 Å². The Morgan fingerprint density at radius 1 is 1.53 bits per heavy atom. The van der Waals surface area contributed by atoms with E-state index in [1.165, 1.54) is 7.11 Å². The quantitative estimate of drug-likeness (QED) is 0.845. The molecule has 1 rings (SSSR count). The van der Waals surface area contributed by atoms with Crippen molar-refractivity contribution in [3.05, 3.63) is 23.8 Å². The van der Waals surface area contributed by atoms with Gasteiger partial charge >= 0.3 is 0 Å². The Morgan fingerprint density at radius 3 is 2.71 bits per heavy atom. The van der Waals surface area contributed by atoms with Crippen molar-refractivity contribution >= 4 is 11.6 Å². The van der Waals surface area contributed by atoms with Crippen LogP contribution < -0.4 is 5.32 Å². The van der Waals surface area contributed by atoms with Crippen LogP contribution in [0.25, 0.3) is 0 Å². The van der Waals surface area contributed by atoms with Crippen molar-refractivity contribution in [1.29, 1.82) is 0 Å². The summed E-state index contributed by atoms with van der Waals surface area (Å²) in [6.45, 7) is 5.37. The average Bonchev–Trinajstić information content (AvgIpc) is 2.33. The molecule has 0 heterocycles. The van der Waals surface area contributed by atoms with E-state index in [1.54, 1.807) is 32.0 Å². The Hall–Kier alpha value is -1.55. The number of ether oxygens (including phenoxy) is 1. The highest BCUT2D eigenvalue weighted by atomic mass is 16.5. The normalized spacial score (nSPS) is 14.1. The molecule has 1 aromatic carbocycles. The predicted molar refractivity (Wildman–Crippen MR) is 67.2 cm³/mol. The number of hydrogen-bond donors (Lipinski definition) is 2. The van der Waals surface area contributed by atoms with Crippen LogP contribution in [0, 0.1) is 6.92 Å². The van der Waals surface area contributed by atoms with E-state index in [1.807, 2.05) is 6.92 Å². The summed E-state index contributed by atoms with van der Waals surface area (Å²) in [5.41, 5.74) is 0.403. The molecule has 0 fully saturated rings. The number of phenolic OH excluding ortho intramolecular Hbond substituents is 1. The molecule has 1 atom stereocenters. The van der Waals surface area contributed by atoms with Crippen LogP contribution in [0.1, 0.15) is 25.8 Å². The highest BCUT2D eigenvalue weighted by Crippen LogP contribution is 2.25. The number of hydrogen-bond acceptors (Lipinski definition) is 3. The SMILES string of the molecule is CCC(C)(OC)C(=O)Nc1cccc(O)c1C. The summed E-state index contributed by atoms with van der Waals surface area (Å²) in [6, 6.07) is 5.02. The lowest BCUT2D eigenvalue weighted by atomic mass is 10.0. The summed E-state index contributed by atoms with van der Waals surface area (Å²) in [4.78, 5) is 12.0. The maximum atomic E-state index is 12.0. The minimum absolute atomic E-state index is 0.165. The maximum Gasteiger partial charge on any atom is 0.256 e. The fourth-order valence-corrected chi connectivity index (χ4v) is 1.41. The first-order valence-electron chi connectivity index (χ1n) is 5.59. The molecule has 0 aromatic heterocycles. The van der Waals surface area contributed by atoms with E-state index < -0.39 is 5.60 Å². The van der Waals surface area contributed by atoms with Gasteiger partial charge in [0.1, 0.15) is 11.4 Å². The summed E-state index contributed by atoms with van der Waals surface area (Å²) in [6.07, 6.45) is 0.577. The lowest BCUT2D eigenvalue weighted by Crippen LogP contribution is -2.41. The van der Waals surface area contributed by atoms with Gasteiger partial charge in [-0.2, -0.15) is 0 Å². The smallest absolute Gasteiger partial charge is 0.256 e. The van der Waals surface area contributed by atoms with Gasteiger partial charge in [0.25, 0.3) is 5.91 Å². The molecular weight excluding hydrogens is 218 g/mol. The summed E-state index contributed by atoms with van der Waals surface area (Å²) in [5, 5.41) is 12.3. The van der Waals surface area contributed by atoms with Crippen LogP contribution in [0.5, 0.6) is 5.75 Å². The molecule has 4 heteroatoms. The molecule has 0 radical (unpaired) electrons. The summed E-state index contributed by atoms with van der Waals surface area (Å²) in [7, 11) is 1.51. The van der Waals surface area contributed by atoms with Gasteiger partial charge in [0.2, 0.25) is 0 Å². The largest absolute Gasteiger partial charge is 0.508 e. The number of nitrogens with one attached hydrogen (secondary N) is 1. The Kier molecular flexibility index (Phi) is 4.12. The summed E-state index contributed by atoms with van der Waals surface area (Å²) >= 11 is 0. The maximum absolute atomic E-state index is 12.0. The molecule has 0 saturated carbocycles. The molecule has 4 nitrogen and oxygen atoms in total. The molecule has 1 amide bonds. The van der Waals surface area contributed by atoms with Crippen molar-refractivity contribution in [2.45, 2.75) is 32.8 Å². The summed E-state index contributed by atoms with van der Waals surface area (Å²) < 4.78 is 5.22. The van der Waals surface area contributed by atoms with Gasteiger partial charge in [-0.3, -0.25) is 4.79 Å². The van der Waals surface area contributed by atoms with Crippen molar-refractivity contribution in [3.8, 4) is 5.75 Å². The molecule has 0 spiro atoms. The predicted octanol–water partition coefficient (Wildman–Crippen LogP) is 2.45. The number of rotatable bonds is 4. The minimum Gasteiger partial charge on any atom is -0.508 e. The molecule has 0 aliphatic carbocycles. The lowest BCUT2D eigenvalue weighted by Gasteiger charge is -2.25. The number of methoxy groups -OCH3 is 1. The molecule has 94 valence electrons. The third kappa shape index (κ3) is 2.77.